The summed E-state index contributed by atoms with van der Waals surface area (Å²) in [6.45, 7) is 0. The van der Waals surface area contributed by atoms with Crippen LogP contribution in [0, 0.1) is 35.5 Å². The lowest BCUT2D eigenvalue weighted by Crippen LogP contribution is -2.71. The van der Waals surface area contributed by atoms with Crippen LogP contribution in [-0.4, -0.2) is 21.2 Å². The normalized spacial score (nSPS) is 56.7. The van der Waals surface area contributed by atoms with Gasteiger partial charge in [-0.05, 0) is 113 Å². The molecule has 8 rings (SSSR count). The second-order valence-electron chi connectivity index (χ2n) is 10.9. The summed E-state index contributed by atoms with van der Waals surface area (Å²) in [5, 5.41) is 0.124. The van der Waals surface area contributed by atoms with E-state index in [-0.39, 0.29) is 16.3 Å². The van der Waals surface area contributed by atoms with E-state index < -0.39 is 0 Å². The summed E-state index contributed by atoms with van der Waals surface area (Å²) >= 11 is 4.51. The van der Waals surface area contributed by atoms with Gasteiger partial charge in [-0.15, -0.1) is 0 Å². The number of amides is 1. The Labute approximate surface area is 151 Å². The van der Waals surface area contributed by atoms with Crippen molar-refractivity contribution in [3.8, 4) is 0 Å². The van der Waals surface area contributed by atoms with E-state index in [9.17, 15) is 4.79 Å². The van der Waals surface area contributed by atoms with Gasteiger partial charge in [-0.3, -0.25) is 4.79 Å². The fourth-order valence-electron chi connectivity index (χ4n) is 9.59. The number of carbonyl (C=O) groups is 1. The Morgan fingerprint density at radius 3 is 1.08 bits per heavy atom. The smallest absolute Gasteiger partial charge is 0.279 e. The maximum absolute atomic E-state index is 13.0. The van der Waals surface area contributed by atoms with Gasteiger partial charge in [-0.2, -0.15) is 0 Å². The molecule has 0 aliphatic heterocycles. The maximum atomic E-state index is 13.0. The molecule has 0 unspecified atom stereocenters. The van der Waals surface area contributed by atoms with E-state index in [1.807, 2.05) is 0 Å². The van der Waals surface area contributed by atoms with Crippen molar-refractivity contribution in [1.82, 2.24) is 4.90 Å². The van der Waals surface area contributed by atoms with Crippen molar-refractivity contribution in [1.29, 1.82) is 0 Å². The highest BCUT2D eigenvalue weighted by atomic mass is 32.1. The Morgan fingerprint density at radius 2 is 0.875 bits per heavy atom. The van der Waals surface area contributed by atoms with Crippen LogP contribution in [0.1, 0.15) is 77.0 Å². The van der Waals surface area contributed by atoms with Gasteiger partial charge in [0.1, 0.15) is 0 Å². The van der Waals surface area contributed by atoms with Gasteiger partial charge in [0.25, 0.3) is 5.24 Å². The molecule has 2 nitrogen and oxygen atoms in total. The standard InChI is InChI=1S/C21H31NOS/c23-19(24)22(20-7-13-1-14(8-20)3-15(2-13)9-20)21-10-16-4-17(11-21)6-18(5-16)12-21/h13-18H,1-12H2,(H,23,24). The first-order valence-corrected chi connectivity index (χ1v) is 11.0. The molecule has 0 atom stereocenters. The zero-order chi connectivity index (χ0) is 16.1. The average molecular weight is 346 g/mol. The van der Waals surface area contributed by atoms with Crippen LogP contribution >= 0.6 is 12.6 Å². The Bertz CT molecular complexity index is 470. The monoisotopic (exact) mass is 345 g/mol. The minimum atomic E-state index is 0.124. The second-order valence-corrected chi connectivity index (χ2v) is 11.3. The van der Waals surface area contributed by atoms with Crippen LogP contribution in [0.25, 0.3) is 0 Å². The number of nitrogens with zero attached hydrogens (tertiary/aromatic N) is 1. The lowest BCUT2D eigenvalue weighted by atomic mass is 9.49. The maximum Gasteiger partial charge on any atom is 0.279 e. The molecule has 8 saturated carbocycles. The van der Waals surface area contributed by atoms with Crippen LogP contribution in [-0.2, 0) is 0 Å². The van der Waals surface area contributed by atoms with Crippen molar-refractivity contribution in [3.63, 3.8) is 0 Å². The van der Waals surface area contributed by atoms with Crippen LogP contribution in [0.15, 0.2) is 0 Å². The highest BCUT2D eigenvalue weighted by Crippen LogP contribution is 2.64. The fourth-order valence-corrected chi connectivity index (χ4v) is 10.0. The van der Waals surface area contributed by atoms with Crippen molar-refractivity contribution in [2.75, 3.05) is 0 Å². The van der Waals surface area contributed by atoms with Gasteiger partial charge in [0.15, 0.2) is 0 Å². The number of hydrogen-bond acceptors (Lipinski definition) is 1. The summed E-state index contributed by atoms with van der Waals surface area (Å²) in [5.74, 6) is 5.42. The first kappa shape index (κ1) is 14.9. The molecule has 1 amide bonds. The molecule has 132 valence electrons. The number of rotatable bonds is 2. The quantitative estimate of drug-likeness (QED) is 0.676. The van der Waals surface area contributed by atoms with Crippen molar-refractivity contribution < 1.29 is 4.79 Å². The SMILES string of the molecule is O=C(S)N(C12CC3CC(CC(C3)C1)C2)C12CC3CC(CC(C3)C1)C2. The first-order chi connectivity index (χ1) is 11.5. The fraction of sp³-hybridized carbons (Fsp3) is 0.952. The van der Waals surface area contributed by atoms with Crippen LogP contribution in [0.5, 0.6) is 0 Å². The van der Waals surface area contributed by atoms with Gasteiger partial charge in [-0.1, -0.05) is 12.6 Å². The zero-order valence-electron chi connectivity index (χ0n) is 14.8. The Kier molecular flexibility index (Phi) is 2.96. The van der Waals surface area contributed by atoms with E-state index in [1.54, 1.807) is 0 Å². The summed E-state index contributed by atoms with van der Waals surface area (Å²) in [6, 6.07) is 0. The van der Waals surface area contributed by atoms with Crippen molar-refractivity contribution in [2.24, 2.45) is 35.5 Å². The summed E-state index contributed by atoms with van der Waals surface area (Å²) in [5.41, 5.74) is 0.387. The van der Waals surface area contributed by atoms with Crippen LogP contribution in [0.2, 0.25) is 0 Å². The molecule has 0 heterocycles. The van der Waals surface area contributed by atoms with E-state index in [0.717, 1.165) is 35.5 Å². The molecule has 0 saturated heterocycles. The third-order valence-corrected chi connectivity index (χ3v) is 9.35. The van der Waals surface area contributed by atoms with Gasteiger partial charge in [-0.25, -0.2) is 0 Å². The summed E-state index contributed by atoms with van der Waals surface area (Å²) < 4.78 is 0. The Hall–Kier alpha value is -0.180. The van der Waals surface area contributed by atoms with Crippen molar-refractivity contribution in [2.45, 2.75) is 88.1 Å². The Morgan fingerprint density at radius 1 is 0.625 bits per heavy atom. The van der Waals surface area contributed by atoms with Crippen LogP contribution in [0.3, 0.4) is 0 Å². The van der Waals surface area contributed by atoms with Gasteiger partial charge < -0.3 is 4.90 Å². The van der Waals surface area contributed by atoms with Crippen LogP contribution in [0.4, 0.5) is 4.79 Å². The largest absolute Gasteiger partial charge is 0.322 e. The average Bonchev–Trinajstić information content (AvgIpc) is 2.42. The second kappa shape index (κ2) is 4.75. The molecular formula is C21H31NOS. The summed E-state index contributed by atoms with van der Waals surface area (Å²) in [7, 11) is 0. The highest BCUT2D eigenvalue weighted by Gasteiger charge is 2.62. The topological polar surface area (TPSA) is 20.3 Å². The predicted octanol–water partition coefficient (Wildman–Crippen LogP) is 5.28. The highest BCUT2D eigenvalue weighted by molar-refractivity contribution is 7.96. The molecule has 0 spiro atoms. The number of thiol groups is 1. The van der Waals surface area contributed by atoms with Gasteiger partial charge >= 0.3 is 0 Å². The minimum Gasteiger partial charge on any atom is -0.322 e. The van der Waals surface area contributed by atoms with Gasteiger partial charge in [0, 0.05) is 11.1 Å². The van der Waals surface area contributed by atoms with Gasteiger partial charge in [0.05, 0.1) is 0 Å². The van der Waals surface area contributed by atoms with Crippen molar-refractivity contribution >= 4 is 17.9 Å². The van der Waals surface area contributed by atoms with Crippen LogP contribution < -0.4 is 0 Å². The summed E-state index contributed by atoms with van der Waals surface area (Å²) in [6.07, 6.45) is 16.5. The number of carbonyl (C=O) groups excluding carboxylic acids is 1. The molecule has 0 aromatic rings. The molecule has 0 aromatic heterocycles. The molecule has 8 bridgehead atoms. The molecule has 8 aliphatic carbocycles. The van der Waals surface area contributed by atoms with E-state index in [0.29, 0.717) is 0 Å². The molecular weight excluding hydrogens is 314 g/mol. The van der Waals surface area contributed by atoms with E-state index >= 15 is 0 Å². The first-order valence-electron chi connectivity index (χ1n) is 10.6. The molecule has 24 heavy (non-hydrogen) atoms. The Balaban J connectivity index is 1.42. The molecule has 8 aliphatic rings. The van der Waals surface area contributed by atoms with Crippen molar-refractivity contribution in [3.05, 3.63) is 0 Å². The zero-order valence-corrected chi connectivity index (χ0v) is 15.6. The summed E-state index contributed by atoms with van der Waals surface area (Å²) in [4.78, 5) is 15.4. The van der Waals surface area contributed by atoms with E-state index in [4.69, 9.17) is 0 Å². The van der Waals surface area contributed by atoms with Gasteiger partial charge in [0.2, 0.25) is 0 Å². The molecule has 0 radical (unpaired) electrons. The third-order valence-electron chi connectivity index (χ3n) is 9.15. The predicted molar refractivity (Wildman–Crippen MR) is 98.0 cm³/mol. The van der Waals surface area contributed by atoms with E-state index in [2.05, 4.69) is 17.5 Å². The lowest BCUT2D eigenvalue weighted by molar-refractivity contribution is -0.149. The molecule has 3 heteroatoms. The van der Waals surface area contributed by atoms with E-state index in [1.165, 1.54) is 77.0 Å². The lowest BCUT2D eigenvalue weighted by Gasteiger charge is -2.68. The molecule has 8 fully saturated rings. The number of hydrogen-bond donors (Lipinski definition) is 1. The minimum absolute atomic E-state index is 0.124. The molecule has 0 N–H and O–H groups in total. The third kappa shape index (κ3) is 1.94. The molecule has 0 aromatic carbocycles.